The molecule has 0 bridgehead atoms. The molecule has 4 nitrogen and oxygen atoms in total. The first-order chi connectivity index (χ1) is 9.56. The molecule has 1 aliphatic rings. The summed E-state index contributed by atoms with van der Waals surface area (Å²) in [5.41, 5.74) is 3.06. The number of amides is 1. The Morgan fingerprint density at radius 3 is 3.05 bits per heavy atom. The van der Waals surface area contributed by atoms with Gasteiger partial charge in [0.25, 0.3) is 5.91 Å². The van der Waals surface area contributed by atoms with E-state index in [0.29, 0.717) is 5.56 Å². The molecule has 0 aromatic carbocycles. The predicted octanol–water partition coefficient (Wildman–Crippen LogP) is 3.81. The van der Waals surface area contributed by atoms with Crippen LogP contribution < -0.4 is 5.32 Å². The van der Waals surface area contributed by atoms with E-state index in [9.17, 15) is 4.79 Å². The molecule has 1 unspecified atom stereocenters. The van der Waals surface area contributed by atoms with E-state index in [1.807, 2.05) is 24.0 Å². The van der Waals surface area contributed by atoms with Gasteiger partial charge in [-0.05, 0) is 57.2 Å². The van der Waals surface area contributed by atoms with E-state index in [0.717, 1.165) is 32.4 Å². The third-order valence-corrected chi connectivity index (χ3v) is 5.92. The summed E-state index contributed by atoms with van der Waals surface area (Å²) in [6.45, 7) is 0. The quantitative estimate of drug-likeness (QED) is 0.805. The average Bonchev–Trinajstić information content (AvgIpc) is 2.94. The zero-order chi connectivity index (χ0) is 14.3. The minimum absolute atomic E-state index is 0.0412. The number of fused-ring (bicyclic) bond motifs is 1. The normalized spacial score (nSPS) is 17.9. The number of hydrogen-bond donors (Lipinski definition) is 1. The van der Waals surface area contributed by atoms with Crippen LogP contribution in [-0.4, -0.2) is 15.7 Å². The summed E-state index contributed by atoms with van der Waals surface area (Å²) in [6, 6.07) is 1.90. The van der Waals surface area contributed by atoms with E-state index in [4.69, 9.17) is 0 Å². The van der Waals surface area contributed by atoms with Crippen molar-refractivity contribution in [2.24, 2.45) is 7.05 Å². The van der Waals surface area contributed by atoms with Gasteiger partial charge >= 0.3 is 0 Å². The Morgan fingerprint density at radius 1 is 1.55 bits per heavy atom. The Balaban J connectivity index is 1.82. The fourth-order valence-electron chi connectivity index (χ4n) is 2.59. The largest absolute Gasteiger partial charge is 0.345 e. The molecule has 0 aliphatic heterocycles. The van der Waals surface area contributed by atoms with Gasteiger partial charge in [-0.15, -0.1) is 11.3 Å². The van der Waals surface area contributed by atoms with Gasteiger partial charge in [0, 0.05) is 18.3 Å². The van der Waals surface area contributed by atoms with Gasteiger partial charge in [-0.3, -0.25) is 9.48 Å². The van der Waals surface area contributed by atoms with Crippen LogP contribution in [0.3, 0.4) is 0 Å². The standard InChI is InChI=1S/C13H13Br2N3OS/c1-18-10-4-2-3-9(8(10)6-16-18)17-13(19)7-5-11(14)20-12(7)15/h5-6,9H,2-4H2,1H3,(H,17,19). The number of carbonyl (C=O) groups excluding carboxylic acids is 1. The van der Waals surface area contributed by atoms with Gasteiger partial charge in [0.2, 0.25) is 0 Å². The zero-order valence-corrected chi connectivity index (χ0v) is 14.8. The molecule has 0 saturated carbocycles. The lowest BCUT2D eigenvalue weighted by Gasteiger charge is -2.23. The van der Waals surface area contributed by atoms with E-state index >= 15 is 0 Å². The first-order valence-corrected chi connectivity index (χ1v) is 8.73. The molecule has 3 rings (SSSR count). The SMILES string of the molecule is Cn1ncc2c1CCCC2NC(=O)c1cc(Br)sc1Br. The van der Waals surface area contributed by atoms with Gasteiger partial charge in [-0.2, -0.15) is 5.10 Å². The van der Waals surface area contributed by atoms with Crippen molar-refractivity contribution >= 4 is 49.1 Å². The maximum absolute atomic E-state index is 12.4. The fraction of sp³-hybridized carbons (Fsp3) is 0.385. The van der Waals surface area contributed by atoms with E-state index < -0.39 is 0 Å². The van der Waals surface area contributed by atoms with Crippen molar-refractivity contribution < 1.29 is 4.79 Å². The van der Waals surface area contributed by atoms with Crippen LogP contribution in [0.1, 0.15) is 40.5 Å². The molecule has 2 aromatic rings. The molecule has 1 atom stereocenters. The molecule has 0 fully saturated rings. The molecular formula is C13H13Br2N3OS. The summed E-state index contributed by atoms with van der Waals surface area (Å²) in [4.78, 5) is 12.4. The number of hydrogen-bond acceptors (Lipinski definition) is 3. The number of carbonyl (C=O) groups is 1. The van der Waals surface area contributed by atoms with Gasteiger partial charge < -0.3 is 5.32 Å². The molecule has 7 heteroatoms. The molecule has 1 N–H and O–H groups in total. The smallest absolute Gasteiger partial charge is 0.253 e. The summed E-state index contributed by atoms with van der Waals surface area (Å²) in [5, 5.41) is 7.42. The first-order valence-electron chi connectivity index (χ1n) is 6.32. The van der Waals surface area contributed by atoms with E-state index in [1.165, 1.54) is 17.0 Å². The van der Waals surface area contributed by atoms with Crippen LogP contribution in [0, 0.1) is 0 Å². The number of thiophene rings is 1. The lowest BCUT2D eigenvalue weighted by molar-refractivity contribution is 0.0932. The summed E-state index contributed by atoms with van der Waals surface area (Å²) in [7, 11) is 1.95. The summed E-state index contributed by atoms with van der Waals surface area (Å²) >= 11 is 8.34. The molecule has 106 valence electrons. The number of nitrogens with one attached hydrogen (secondary N) is 1. The highest BCUT2D eigenvalue weighted by molar-refractivity contribution is 9.12. The first kappa shape index (κ1) is 14.3. The second-order valence-corrected chi connectivity index (χ2v) is 8.58. The molecule has 2 heterocycles. The third kappa shape index (κ3) is 2.58. The van der Waals surface area contributed by atoms with Crippen LogP contribution in [-0.2, 0) is 13.5 Å². The molecule has 0 radical (unpaired) electrons. The van der Waals surface area contributed by atoms with E-state index in [2.05, 4.69) is 42.3 Å². The topological polar surface area (TPSA) is 46.9 Å². The number of rotatable bonds is 2. The Labute approximate surface area is 137 Å². The van der Waals surface area contributed by atoms with Crippen molar-refractivity contribution in [3.8, 4) is 0 Å². The van der Waals surface area contributed by atoms with Crippen molar-refractivity contribution in [2.45, 2.75) is 25.3 Å². The van der Waals surface area contributed by atoms with Crippen LogP contribution in [0.15, 0.2) is 19.8 Å². The lowest BCUT2D eigenvalue weighted by Crippen LogP contribution is -2.30. The van der Waals surface area contributed by atoms with Gasteiger partial charge in [0.05, 0.1) is 25.4 Å². The van der Waals surface area contributed by atoms with Crippen LogP contribution in [0.25, 0.3) is 0 Å². The summed E-state index contributed by atoms with van der Waals surface area (Å²) in [5.74, 6) is -0.0412. The summed E-state index contributed by atoms with van der Waals surface area (Å²) < 4.78 is 3.70. The van der Waals surface area contributed by atoms with Crippen molar-refractivity contribution in [1.82, 2.24) is 15.1 Å². The second kappa shape index (κ2) is 5.61. The number of aryl methyl sites for hydroxylation is 1. The van der Waals surface area contributed by atoms with E-state index in [-0.39, 0.29) is 11.9 Å². The Morgan fingerprint density at radius 2 is 2.35 bits per heavy atom. The molecule has 1 amide bonds. The minimum Gasteiger partial charge on any atom is -0.345 e. The summed E-state index contributed by atoms with van der Waals surface area (Å²) in [6.07, 6.45) is 4.95. The fourth-order valence-corrected chi connectivity index (χ4v) is 5.38. The van der Waals surface area contributed by atoms with E-state index in [1.54, 1.807) is 0 Å². The lowest BCUT2D eigenvalue weighted by atomic mass is 9.93. The zero-order valence-electron chi connectivity index (χ0n) is 10.8. The predicted molar refractivity (Wildman–Crippen MR) is 86.1 cm³/mol. The highest BCUT2D eigenvalue weighted by atomic mass is 79.9. The van der Waals surface area contributed by atoms with Crippen LogP contribution in [0.5, 0.6) is 0 Å². The molecule has 0 spiro atoms. The van der Waals surface area contributed by atoms with Crippen molar-refractivity contribution in [3.63, 3.8) is 0 Å². The second-order valence-electron chi connectivity index (χ2n) is 4.83. The Bertz CT molecular complexity index is 665. The minimum atomic E-state index is -0.0412. The van der Waals surface area contributed by atoms with Crippen LogP contribution in [0.4, 0.5) is 0 Å². The maximum atomic E-state index is 12.4. The van der Waals surface area contributed by atoms with Crippen LogP contribution >= 0.6 is 43.2 Å². The average molecular weight is 419 g/mol. The van der Waals surface area contributed by atoms with Gasteiger partial charge in [0.1, 0.15) is 0 Å². The Hall–Kier alpha value is -0.660. The van der Waals surface area contributed by atoms with Gasteiger partial charge in [0.15, 0.2) is 0 Å². The highest BCUT2D eigenvalue weighted by Crippen LogP contribution is 2.33. The molecule has 0 saturated heterocycles. The molecule has 20 heavy (non-hydrogen) atoms. The van der Waals surface area contributed by atoms with Crippen molar-refractivity contribution in [3.05, 3.63) is 36.7 Å². The molecule has 1 aliphatic carbocycles. The third-order valence-electron chi connectivity index (χ3n) is 3.58. The van der Waals surface area contributed by atoms with Gasteiger partial charge in [-0.25, -0.2) is 0 Å². The Kier molecular flexibility index (Phi) is 4.01. The van der Waals surface area contributed by atoms with Crippen molar-refractivity contribution in [1.29, 1.82) is 0 Å². The highest BCUT2D eigenvalue weighted by Gasteiger charge is 2.26. The molecular weight excluding hydrogens is 406 g/mol. The maximum Gasteiger partial charge on any atom is 0.253 e. The molecule has 2 aromatic heterocycles. The van der Waals surface area contributed by atoms with Gasteiger partial charge in [-0.1, -0.05) is 0 Å². The number of aromatic nitrogens is 2. The van der Waals surface area contributed by atoms with Crippen molar-refractivity contribution in [2.75, 3.05) is 0 Å². The van der Waals surface area contributed by atoms with Crippen LogP contribution in [0.2, 0.25) is 0 Å². The monoisotopic (exact) mass is 417 g/mol. The number of nitrogens with zero attached hydrogens (tertiary/aromatic N) is 2. The number of halogens is 2.